The van der Waals surface area contributed by atoms with Gasteiger partial charge in [-0.05, 0) is 6.92 Å². The van der Waals surface area contributed by atoms with Crippen molar-refractivity contribution in [3.05, 3.63) is 4.91 Å². The average molecular weight is 153 g/mol. The number of nitrogens with zero attached hydrogens (tertiary/aromatic N) is 1. The largest absolute Gasteiger partial charge is 0.266 e. The molecule has 56 valence electrons. The number of hydrogen-bond acceptors (Lipinski definition) is 4. The molecule has 0 aromatic rings. The van der Waals surface area contributed by atoms with Crippen LogP contribution in [0.2, 0.25) is 0 Å². The van der Waals surface area contributed by atoms with Crippen molar-refractivity contribution in [3.63, 3.8) is 0 Å². The molecule has 0 aliphatic carbocycles. The Morgan fingerprint density at radius 3 is 2.33 bits per heavy atom. The molecule has 0 aliphatic heterocycles. The number of nitroso groups, excluding NO2 is 1. The third kappa shape index (κ3) is 2.78. The maximum absolute atomic E-state index is 9.98. The first-order valence-corrected chi connectivity index (χ1v) is 4.36. The molecule has 0 aliphatic rings. The van der Waals surface area contributed by atoms with Gasteiger partial charge in [0.2, 0.25) is 0 Å². The SMILES string of the molecule is CCOS(C)(N=O)OC. The zero-order valence-electron chi connectivity index (χ0n) is 5.79. The van der Waals surface area contributed by atoms with Gasteiger partial charge in [0.05, 0.1) is 24.6 Å². The molecule has 0 N–H and O–H groups in total. The lowest BCUT2D eigenvalue weighted by Crippen LogP contribution is -2.00. The van der Waals surface area contributed by atoms with Gasteiger partial charge in [-0.1, -0.05) is 10.8 Å². The van der Waals surface area contributed by atoms with Gasteiger partial charge in [-0.2, -0.15) is 0 Å². The second kappa shape index (κ2) is 3.81. The summed E-state index contributed by atoms with van der Waals surface area (Å²) >= 11 is 0. The summed E-state index contributed by atoms with van der Waals surface area (Å²) in [4.78, 5) is 9.98. The minimum atomic E-state index is -2.10. The van der Waals surface area contributed by atoms with E-state index in [0.29, 0.717) is 6.61 Å². The molecule has 4 nitrogen and oxygen atoms in total. The van der Waals surface area contributed by atoms with Crippen LogP contribution in [0.1, 0.15) is 6.92 Å². The van der Waals surface area contributed by atoms with E-state index in [2.05, 4.69) is 4.58 Å². The molecule has 1 atom stereocenters. The van der Waals surface area contributed by atoms with Crippen molar-refractivity contribution in [2.75, 3.05) is 20.0 Å². The van der Waals surface area contributed by atoms with Crippen LogP contribution in [0.15, 0.2) is 4.58 Å². The Balaban J connectivity index is 3.76. The summed E-state index contributed by atoms with van der Waals surface area (Å²) in [5.74, 6) is 0. The Kier molecular flexibility index (Phi) is 3.76. The second-order valence-electron chi connectivity index (χ2n) is 1.38. The lowest BCUT2D eigenvalue weighted by Gasteiger charge is -2.27. The van der Waals surface area contributed by atoms with Gasteiger partial charge in [-0.3, -0.25) is 8.37 Å². The monoisotopic (exact) mass is 153 g/mol. The summed E-state index contributed by atoms with van der Waals surface area (Å²) < 4.78 is 12.3. The maximum atomic E-state index is 9.98. The molecule has 0 fully saturated rings. The predicted octanol–water partition coefficient (Wildman–Crippen LogP) is 1.62. The molecular formula is C4H11NO3S. The van der Waals surface area contributed by atoms with Crippen molar-refractivity contribution >= 4 is 10.8 Å². The highest BCUT2D eigenvalue weighted by Crippen LogP contribution is 2.46. The first-order chi connectivity index (χ1) is 4.18. The molecule has 9 heavy (non-hydrogen) atoms. The van der Waals surface area contributed by atoms with Crippen LogP contribution in [0.3, 0.4) is 0 Å². The van der Waals surface area contributed by atoms with E-state index < -0.39 is 10.8 Å². The zero-order valence-corrected chi connectivity index (χ0v) is 6.60. The van der Waals surface area contributed by atoms with Crippen molar-refractivity contribution in [1.82, 2.24) is 0 Å². The van der Waals surface area contributed by atoms with Crippen molar-refractivity contribution in [3.8, 4) is 0 Å². The standard InChI is InChI=1S/C4H11NO3S/c1-4-8-9(3,5-6)7-2/h4H2,1-3H3. The Hall–Kier alpha value is -0.130. The molecule has 0 bridgehead atoms. The van der Waals surface area contributed by atoms with Crippen molar-refractivity contribution in [2.45, 2.75) is 6.92 Å². The molecule has 0 radical (unpaired) electrons. The first-order valence-electron chi connectivity index (χ1n) is 2.51. The van der Waals surface area contributed by atoms with Crippen LogP contribution in [0.4, 0.5) is 0 Å². The second-order valence-corrected chi connectivity index (χ2v) is 3.56. The van der Waals surface area contributed by atoms with Crippen LogP contribution in [0.5, 0.6) is 0 Å². The van der Waals surface area contributed by atoms with Crippen molar-refractivity contribution in [1.29, 1.82) is 0 Å². The molecule has 1 unspecified atom stereocenters. The van der Waals surface area contributed by atoms with Gasteiger partial charge in [-0.15, -0.1) is 4.91 Å². The van der Waals surface area contributed by atoms with Gasteiger partial charge >= 0.3 is 0 Å². The quantitative estimate of drug-likeness (QED) is 0.576. The zero-order chi connectivity index (χ0) is 7.33. The topological polar surface area (TPSA) is 47.9 Å². The lowest BCUT2D eigenvalue weighted by molar-refractivity contribution is 0.309. The minimum absolute atomic E-state index is 0.450. The fourth-order valence-electron chi connectivity index (χ4n) is 0.319. The van der Waals surface area contributed by atoms with E-state index in [1.54, 1.807) is 13.2 Å². The van der Waals surface area contributed by atoms with Crippen LogP contribution in [-0.2, 0) is 8.37 Å². The Bertz CT molecular complexity index is 99.8. The van der Waals surface area contributed by atoms with Gasteiger partial charge in [-0.25, -0.2) is 0 Å². The highest BCUT2D eigenvalue weighted by Gasteiger charge is 2.10. The minimum Gasteiger partial charge on any atom is -0.266 e. The predicted molar refractivity (Wildman–Crippen MR) is 37.9 cm³/mol. The molecule has 0 spiro atoms. The van der Waals surface area contributed by atoms with Gasteiger partial charge in [0, 0.05) is 0 Å². The molecule has 0 amide bonds. The number of hydrogen-bond donors (Lipinski definition) is 0. The van der Waals surface area contributed by atoms with E-state index in [9.17, 15) is 4.91 Å². The van der Waals surface area contributed by atoms with E-state index in [0.717, 1.165) is 0 Å². The van der Waals surface area contributed by atoms with E-state index in [1.807, 2.05) is 0 Å². The molecule has 0 rings (SSSR count). The fourth-order valence-corrected chi connectivity index (χ4v) is 0.956. The van der Waals surface area contributed by atoms with E-state index >= 15 is 0 Å². The smallest absolute Gasteiger partial charge is 0.0707 e. The third-order valence-electron chi connectivity index (χ3n) is 0.781. The highest BCUT2D eigenvalue weighted by atomic mass is 32.3. The summed E-state index contributed by atoms with van der Waals surface area (Å²) in [6.07, 6.45) is 1.55. The van der Waals surface area contributed by atoms with Crippen LogP contribution in [0, 0.1) is 4.91 Å². The van der Waals surface area contributed by atoms with Gasteiger partial charge < -0.3 is 0 Å². The van der Waals surface area contributed by atoms with E-state index in [-0.39, 0.29) is 0 Å². The average Bonchev–Trinajstić information content (AvgIpc) is 1.89. The Morgan fingerprint density at radius 1 is 1.67 bits per heavy atom. The Morgan fingerprint density at radius 2 is 2.22 bits per heavy atom. The third-order valence-corrected chi connectivity index (χ3v) is 2.34. The van der Waals surface area contributed by atoms with Crippen LogP contribution in [-0.4, -0.2) is 20.0 Å². The normalized spacial score (nSPS) is 20.3. The Labute approximate surface area is 56.4 Å². The molecule has 0 saturated carbocycles. The van der Waals surface area contributed by atoms with E-state index in [4.69, 9.17) is 8.37 Å². The number of rotatable bonds is 4. The van der Waals surface area contributed by atoms with Crippen LogP contribution < -0.4 is 0 Å². The lowest BCUT2D eigenvalue weighted by atomic mass is 10.9. The summed E-state index contributed by atoms with van der Waals surface area (Å²) in [6.45, 7) is 2.24. The summed E-state index contributed by atoms with van der Waals surface area (Å²) in [5, 5.41) is 0. The molecule has 5 heteroatoms. The molecule has 0 aromatic carbocycles. The van der Waals surface area contributed by atoms with Crippen molar-refractivity contribution < 1.29 is 8.37 Å². The van der Waals surface area contributed by atoms with Gasteiger partial charge in [0.1, 0.15) is 0 Å². The molecule has 0 saturated heterocycles. The maximum Gasteiger partial charge on any atom is 0.0707 e. The highest BCUT2D eigenvalue weighted by molar-refractivity contribution is 8.24. The van der Waals surface area contributed by atoms with Crippen molar-refractivity contribution in [2.24, 2.45) is 4.58 Å². The fraction of sp³-hybridized carbons (Fsp3) is 1.00. The molecular weight excluding hydrogens is 142 g/mol. The van der Waals surface area contributed by atoms with Crippen LogP contribution in [0.25, 0.3) is 0 Å². The first kappa shape index (κ1) is 8.87. The van der Waals surface area contributed by atoms with E-state index in [1.165, 1.54) is 7.11 Å². The summed E-state index contributed by atoms with van der Waals surface area (Å²) in [6, 6.07) is 0. The van der Waals surface area contributed by atoms with Crippen LogP contribution >= 0.6 is 10.8 Å². The summed E-state index contributed by atoms with van der Waals surface area (Å²) in [7, 11) is -0.686. The molecule has 0 heterocycles. The van der Waals surface area contributed by atoms with Gasteiger partial charge in [0.25, 0.3) is 0 Å². The summed E-state index contributed by atoms with van der Waals surface area (Å²) in [5.41, 5.74) is 0. The van der Waals surface area contributed by atoms with Gasteiger partial charge in [0.15, 0.2) is 0 Å². The molecule has 0 aromatic heterocycles.